The van der Waals surface area contributed by atoms with Crippen molar-refractivity contribution >= 4 is 16.7 Å². The molecule has 2 heterocycles. The van der Waals surface area contributed by atoms with Crippen LogP contribution in [0, 0.1) is 11.8 Å². The third-order valence-electron chi connectivity index (χ3n) is 6.33. The molecule has 2 aromatic rings. The predicted octanol–water partition coefficient (Wildman–Crippen LogP) is 2.89. The van der Waals surface area contributed by atoms with Crippen molar-refractivity contribution in [2.75, 3.05) is 26.2 Å². The molecule has 0 saturated carbocycles. The molecule has 3 nitrogen and oxygen atoms in total. The number of nitrogens with zero attached hydrogens (tertiary/aromatic N) is 1. The number of rotatable bonds is 3. The van der Waals surface area contributed by atoms with E-state index in [1.807, 2.05) is 0 Å². The summed E-state index contributed by atoms with van der Waals surface area (Å²) in [5.41, 5.74) is 1.44. The minimum atomic E-state index is 0.261. The molecule has 26 heavy (non-hydrogen) atoms. The first-order valence-electron chi connectivity index (χ1n) is 10.3. The second-order valence-corrected chi connectivity index (χ2v) is 8.37. The molecule has 0 unspecified atom stereocenters. The fourth-order valence-electron chi connectivity index (χ4n) is 4.81. The van der Waals surface area contributed by atoms with Gasteiger partial charge in [0.15, 0.2) is 0 Å². The number of amides is 1. The van der Waals surface area contributed by atoms with Gasteiger partial charge in [0.05, 0.1) is 13.1 Å². The van der Waals surface area contributed by atoms with Gasteiger partial charge in [-0.05, 0) is 29.5 Å². The first kappa shape index (κ1) is 17.5. The molecule has 3 heteroatoms. The lowest BCUT2D eigenvalue weighted by Crippen LogP contribution is -3.11. The maximum absolute atomic E-state index is 12.9. The summed E-state index contributed by atoms with van der Waals surface area (Å²) in [6.07, 6.45) is 4.54. The summed E-state index contributed by atoms with van der Waals surface area (Å²) in [5.74, 6) is 1.36. The quantitative estimate of drug-likeness (QED) is 0.904. The van der Waals surface area contributed by atoms with Crippen LogP contribution in [0.1, 0.15) is 38.2 Å². The van der Waals surface area contributed by atoms with Gasteiger partial charge in [-0.2, -0.15) is 0 Å². The lowest BCUT2D eigenvalue weighted by atomic mass is 9.92. The normalized spacial score (nSPS) is 26.8. The molecule has 2 saturated heterocycles. The van der Waals surface area contributed by atoms with Gasteiger partial charge in [0.1, 0.15) is 6.54 Å². The van der Waals surface area contributed by atoms with Crippen LogP contribution in [0.25, 0.3) is 10.8 Å². The first-order chi connectivity index (χ1) is 12.7. The van der Waals surface area contributed by atoms with E-state index in [1.54, 1.807) is 4.90 Å². The van der Waals surface area contributed by atoms with Crippen LogP contribution in [0.5, 0.6) is 0 Å². The number of fused-ring (bicyclic) bond motifs is 1. The fraction of sp³-hybridized carbons (Fsp3) is 0.522. The van der Waals surface area contributed by atoms with Gasteiger partial charge in [0, 0.05) is 37.4 Å². The van der Waals surface area contributed by atoms with Gasteiger partial charge in [0.2, 0.25) is 5.91 Å². The fourth-order valence-corrected chi connectivity index (χ4v) is 4.81. The molecule has 0 aromatic heterocycles. The van der Waals surface area contributed by atoms with E-state index < -0.39 is 0 Å². The van der Waals surface area contributed by atoms with E-state index in [0.29, 0.717) is 11.8 Å². The van der Waals surface area contributed by atoms with Crippen molar-refractivity contribution in [2.24, 2.45) is 11.8 Å². The van der Waals surface area contributed by atoms with E-state index in [1.165, 1.54) is 29.2 Å². The van der Waals surface area contributed by atoms with Crippen molar-refractivity contribution in [3.05, 3.63) is 48.0 Å². The Kier molecular flexibility index (Phi) is 5.26. The van der Waals surface area contributed by atoms with E-state index >= 15 is 0 Å². The molecule has 2 aliphatic heterocycles. The second kappa shape index (κ2) is 7.79. The molecule has 1 amide bonds. The zero-order valence-electron chi connectivity index (χ0n) is 15.9. The smallest absolute Gasteiger partial charge is 0.226 e. The third kappa shape index (κ3) is 3.78. The Morgan fingerprint density at radius 1 is 1.08 bits per heavy atom. The zero-order valence-corrected chi connectivity index (χ0v) is 15.9. The molecule has 0 spiro atoms. The van der Waals surface area contributed by atoms with Gasteiger partial charge >= 0.3 is 0 Å². The van der Waals surface area contributed by atoms with Crippen molar-refractivity contribution in [3.63, 3.8) is 0 Å². The number of quaternary nitrogens is 1. The average molecular weight is 352 g/mol. The first-order valence-corrected chi connectivity index (χ1v) is 10.3. The van der Waals surface area contributed by atoms with E-state index in [-0.39, 0.29) is 5.92 Å². The summed E-state index contributed by atoms with van der Waals surface area (Å²) < 4.78 is 0. The number of piperidine rings is 2. The van der Waals surface area contributed by atoms with Crippen LogP contribution in [0.2, 0.25) is 0 Å². The summed E-state index contributed by atoms with van der Waals surface area (Å²) in [6, 6.07) is 15.3. The minimum absolute atomic E-state index is 0.261. The second-order valence-electron chi connectivity index (χ2n) is 8.37. The summed E-state index contributed by atoms with van der Waals surface area (Å²) in [7, 11) is 0. The van der Waals surface area contributed by atoms with Gasteiger partial charge in [-0.15, -0.1) is 0 Å². The topological polar surface area (TPSA) is 24.8 Å². The van der Waals surface area contributed by atoms with Crippen LogP contribution >= 0.6 is 0 Å². The maximum Gasteiger partial charge on any atom is 0.226 e. The van der Waals surface area contributed by atoms with Crippen LogP contribution in [0.4, 0.5) is 0 Å². The van der Waals surface area contributed by atoms with Gasteiger partial charge in [-0.1, -0.05) is 49.4 Å². The molecule has 1 atom stereocenters. The SMILES string of the molecule is C[C@H]1CCCN(C(=O)C2CC[NH+](Cc3cccc4ccccc34)CC2)C1. The van der Waals surface area contributed by atoms with E-state index in [0.717, 1.165) is 45.6 Å². The molecule has 2 aromatic carbocycles. The number of carbonyl (C=O) groups excluding carboxylic acids is 1. The minimum Gasteiger partial charge on any atom is -0.342 e. The zero-order chi connectivity index (χ0) is 17.9. The highest BCUT2D eigenvalue weighted by atomic mass is 16.2. The Morgan fingerprint density at radius 2 is 1.85 bits per heavy atom. The van der Waals surface area contributed by atoms with Gasteiger partial charge < -0.3 is 9.80 Å². The van der Waals surface area contributed by atoms with E-state index in [2.05, 4.69) is 54.3 Å². The van der Waals surface area contributed by atoms with E-state index in [4.69, 9.17) is 0 Å². The lowest BCUT2D eigenvalue weighted by Gasteiger charge is -2.36. The largest absolute Gasteiger partial charge is 0.342 e. The summed E-state index contributed by atoms with van der Waals surface area (Å²) in [4.78, 5) is 16.6. The summed E-state index contributed by atoms with van der Waals surface area (Å²) in [5, 5.41) is 2.71. The lowest BCUT2D eigenvalue weighted by molar-refractivity contribution is -0.919. The molecule has 2 fully saturated rings. The molecule has 0 bridgehead atoms. The van der Waals surface area contributed by atoms with Crippen LogP contribution < -0.4 is 4.90 Å². The van der Waals surface area contributed by atoms with E-state index in [9.17, 15) is 4.79 Å². The number of hydrogen-bond donors (Lipinski definition) is 1. The molecular formula is C23H31N2O+. The van der Waals surface area contributed by atoms with Crippen LogP contribution in [-0.4, -0.2) is 37.0 Å². The Hall–Kier alpha value is -1.87. The third-order valence-corrected chi connectivity index (χ3v) is 6.33. The van der Waals surface area contributed by atoms with Crippen LogP contribution in [0.15, 0.2) is 42.5 Å². The van der Waals surface area contributed by atoms with Crippen molar-refractivity contribution in [1.29, 1.82) is 0 Å². The standard InChI is InChI=1S/C23H30N2O/c1-18-6-5-13-25(16-18)23(26)20-11-14-24(15-12-20)17-21-9-4-8-19-7-2-3-10-22(19)21/h2-4,7-10,18,20H,5-6,11-17H2,1H3/p+1/t18-/m0/s1. The van der Waals surface area contributed by atoms with Crippen LogP contribution in [-0.2, 0) is 11.3 Å². The number of hydrogen-bond acceptors (Lipinski definition) is 1. The summed E-state index contributed by atoms with van der Waals surface area (Å²) >= 11 is 0. The number of benzene rings is 2. The summed E-state index contributed by atoms with van der Waals surface area (Å²) in [6.45, 7) is 7.53. The highest BCUT2D eigenvalue weighted by Crippen LogP contribution is 2.21. The highest BCUT2D eigenvalue weighted by Gasteiger charge is 2.32. The molecular weight excluding hydrogens is 320 g/mol. The van der Waals surface area contributed by atoms with Crippen LogP contribution in [0.3, 0.4) is 0 Å². The molecule has 1 N–H and O–H groups in total. The molecule has 0 aliphatic carbocycles. The average Bonchev–Trinajstić information content (AvgIpc) is 2.68. The van der Waals surface area contributed by atoms with Gasteiger partial charge in [0.25, 0.3) is 0 Å². The number of likely N-dealkylation sites (tertiary alicyclic amines) is 2. The van der Waals surface area contributed by atoms with Crippen molar-refractivity contribution < 1.29 is 9.69 Å². The maximum atomic E-state index is 12.9. The highest BCUT2D eigenvalue weighted by molar-refractivity contribution is 5.85. The monoisotopic (exact) mass is 351 g/mol. The molecule has 2 aliphatic rings. The van der Waals surface area contributed by atoms with Crippen molar-refractivity contribution in [1.82, 2.24) is 4.90 Å². The van der Waals surface area contributed by atoms with Gasteiger partial charge in [-0.3, -0.25) is 4.79 Å². The number of nitrogens with one attached hydrogen (secondary N) is 1. The Balaban J connectivity index is 1.35. The Bertz CT molecular complexity index is 758. The Morgan fingerprint density at radius 3 is 2.65 bits per heavy atom. The van der Waals surface area contributed by atoms with Crippen molar-refractivity contribution in [2.45, 2.75) is 39.2 Å². The number of carbonyl (C=O) groups is 1. The predicted molar refractivity (Wildman–Crippen MR) is 106 cm³/mol. The molecule has 0 radical (unpaired) electrons. The van der Waals surface area contributed by atoms with Crippen molar-refractivity contribution in [3.8, 4) is 0 Å². The van der Waals surface area contributed by atoms with Gasteiger partial charge in [-0.25, -0.2) is 0 Å². The molecule has 4 rings (SSSR count). The molecule has 138 valence electrons. The Labute approximate surface area is 157 Å².